The Morgan fingerprint density at radius 1 is 0.532 bits per heavy atom. The molecule has 1 aliphatic heterocycles. The summed E-state index contributed by atoms with van der Waals surface area (Å²) < 4.78 is 21.6. The predicted molar refractivity (Wildman–Crippen MR) is 247 cm³/mol. The van der Waals surface area contributed by atoms with E-state index in [4.69, 9.17) is 18.9 Å². The molecule has 0 bridgehead atoms. The second-order valence-electron chi connectivity index (χ2n) is 15.9. The molecule has 0 aliphatic carbocycles. The van der Waals surface area contributed by atoms with Gasteiger partial charge in [-0.1, -0.05) is 170 Å². The lowest BCUT2D eigenvalue weighted by Gasteiger charge is -2.38. The van der Waals surface area contributed by atoms with Gasteiger partial charge in [0.15, 0.2) is 18.5 Å². The van der Waals surface area contributed by atoms with E-state index in [9.17, 15) is 34.8 Å². The molecule has 62 heavy (non-hydrogen) atoms. The van der Waals surface area contributed by atoms with Crippen molar-refractivity contribution in [3.63, 3.8) is 0 Å². The van der Waals surface area contributed by atoms with Gasteiger partial charge in [-0.05, 0) is 70.6 Å². The molecule has 1 fully saturated rings. The standard InChI is InChI=1S/C51H82O11/c1-3-5-7-9-11-13-15-17-19-20-21-22-23-24-26-28-30-32-34-36-38-40-45(53)61-43(42-60-51-48(56)46(54)47(55)49(62-51)50(57)58)41-59-44(52)39-37-35-33-31-29-27-25-18-16-14-12-10-8-6-4-2/h6,8,12,14-15,17-18,20-21,25,29,31,35,37,43,46-49,51,54-56H,3-5,7,9-11,13,16,19,22-24,26-28,30,32-34,36,38-42H2,1-2H3,(H,57,58)/b8-6-,14-12-,17-15-,21-20-,25-18-,31-29-,37-35-. The number of aliphatic carboxylic acids is 1. The molecule has 0 aromatic rings. The van der Waals surface area contributed by atoms with Gasteiger partial charge in [-0.15, -0.1) is 0 Å². The molecule has 0 aromatic carbocycles. The highest BCUT2D eigenvalue weighted by atomic mass is 16.7. The van der Waals surface area contributed by atoms with Gasteiger partial charge >= 0.3 is 17.9 Å². The van der Waals surface area contributed by atoms with Gasteiger partial charge in [0.2, 0.25) is 0 Å². The van der Waals surface area contributed by atoms with E-state index in [0.717, 1.165) is 64.2 Å². The highest BCUT2D eigenvalue weighted by Crippen LogP contribution is 2.23. The number of unbranched alkanes of at least 4 members (excludes halogenated alkanes) is 14. The summed E-state index contributed by atoms with van der Waals surface area (Å²) in [5.74, 6) is -2.62. The lowest BCUT2D eigenvalue weighted by molar-refractivity contribution is -0.298. The summed E-state index contributed by atoms with van der Waals surface area (Å²) in [6.07, 6.45) is 43.7. The molecule has 1 rings (SSSR count). The van der Waals surface area contributed by atoms with Crippen LogP contribution in [-0.2, 0) is 33.3 Å². The van der Waals surface area contributed by atoms with Crippen LogP contribution in [0.15, 0.2) is 85.1 Å². The number of carbonyl (C=O) groups is 3. The van der Waals surface area contributed by atoms with Crippen molar-refractivity contribution in [3.8, 4) is 0 Å². The van der Waals surface area contributed by atoms with Crippen LogP contribution in [-0.4, -0.2) is 88.4 Å². The SMILES string of the molecule is CC/C=C\C/C=C\C/C=C\C/C=C\C/C=C\CC(=O)OCC(COC1OC(C(=O)O)C(O)C(O)C1O)OC(=O)CCCCCCCCCCC/C=C\C/C=C\CCCCCCC. The van der Waals surface area contributed by atoms with Gasteiger partial charge in [0.1, 0.15) is 24.9 Å². The molecular weight excluding hydrogens is 789 g/mol. The fourth-order valence-corrected chi connectivity index (χ4v) is 6.57. The molecule has 11 heteroatoms. The van der Waals surface area contributed by atoms with Crippen molar-refractivity contribution in [1.29, 1.82) is 0 Å². The van der Waals surface area contributed by atoms with E-state index >= 15 is 0 Å². The molecule has 1 saturated heterocycles. The highest BCUT2D eigenvalue weighted by Gasteiger charge is 2.47. The van der Waals surface area contributed by atoms with Gasteiger partial charge in [-0.2, -0.15) is 0 Å². The number of carboxylic acid groups (broad SMARTS) is 1. The number of ether oxygens (including phenoxy) is 4. The van der Waals surface area contributed by atoms with Gasteiger partial charge in [-0.25, -0.2) is 4.79 Å². The number of aliphatic hydroxyl groups excluding tert-OH is 3. The molecule has 352 valence electrons. The maximum absolute atomic E-state index is 12.8. The Bertz CT molecular complexity index is 1350. The Labute approximate surface area is 373 Å². The van der Waals surface area contributed by atoms with E-state index in [1.165, 1.54) is 64.2 Å². The van der Waals surface area contributed by atoms with E-state index in [1.807, 2.05) is 12.2 Å². The molecule has 0 saturated carbocycles. The summed E-state index contributed by atoms with van der Waals surface area (Å²) in [5, 5.41) is 39.8. The molecular formula is C51H82O11. The molecule has 0 aromatic heterocycles. The summed E-state index contributed by atoms with van der Waals surface area (Å²) in [6.45, 7) is 3.59. The van der Waals surface area contributed by atoms with Gasteiger partial charge in [-0.3, -0.25) is 9.59 Å². The minimum absolute atomic E-state index is 0.00133. The molecule has 4 N–H and O–H groups in total. The van der Waals surface area contributed by atoms with Crippen molar-refractivity contribution in [2.45, 2.75) is 205 Å². The summed E-state index contributed by atoms with van der Waals surface area (Å²) in [7, 11) is 0. The van der Waals surface area contributed by atoms with Crippen molar-refractivity contribution < 1.29 is 53.8 Å². The van der Waals surface area contributed by atoms with Crippen LogP contribution in [0.25, 0.3) is 0 Å². The van der Waals surface area contributed by atoms with Crippen molar-refractivity contribution in [2.24, 2.45) is 0 Å². The van der Waals surface area contributed by atoms with Crippen LogP contribution in [0, 0.1) is 0 Å². The first-order valence-electron chi connectivity index (χ1n) is 23.6. The fraction of sp³-hybridized carbons (Fsp3) is 0.667. The first kappa shape index (κ1) is 56.4. The number of rotatable bonds is 38. The maximum atomic E-state index is 12.8. The van der Waals surface area contributed by atoms with Crippen molar-refractivity contribution in [1.82, 2.24) is 0 Å². The fourth-order valence-electron chi connectivity index (χ4n) is 6.57. The van der Waals surface area contributed by atoms with Crippen LogP contribution in [0.5, 0.6) is 0 Å². The van der Waals surface area contributed by atoms with Gasteiger partial charge in [0, 0.05) is 6.42 Å². The minimum atomic E-state index is -1.88. The van der Waals surface area contributed by atoms with E-state index < -0.39 is 61.3 Å². The first-order valence-corrected chi connectivity index (χ1v) is 23.6. The first-order chi connectivity index (χ1) is 30.2. The molecule has 6 atom stereocenters. The Balaban J connectivity index is 2.39. The van der Waals surface area contributed by atoms with Crippen LogP contribution in [0.3, 0.4) is 0 Å². The van der Waals surface area contributed by atoms with E-state index in [0.29, 0.717) is 12.8 Å². The Morgan fingerprint density at radius 3 is 1.52 bits per heavy atom. The van der Waals surface area contributed by atoms with Crippen LogP contribution in [0.4, 0.5) is 0 Å². The second kappa shape index (κ2) is 40.2. The third-order valence-electron chi connectivity index (χ3n) is 10.3. The average molecular weight is 871 g/mol. The van der Waals surface area contributed by atoms with Crippen molar-refractivity contribution in [2.75, 3.05) is 13.2 Å². The lowest BCUT2D eigenvalue weighted by Crippen LogP contribution is -2.60. The minimum Gasteiger partial charge on any atom is -0.479 e. The third kappa shape index (κ3) is 31.3. The van der Waals surface area contributed by atoms with E-state index in [-0.39, 0.29) is 19.4 Å². The van der Waals surface area contributed by atoms with Crippen LogP contribution in [0.2, 0.25) is 0 Å². The Hall–Kier alpha value is -3.61. The average Bonchev–Trinajstić information content (AvgIpc) is 3.26. The second-order valence-corrected chi connectivity index (χ2v) is 15.9. The molecule has 0 amide bonds. The summed E-state index contributed by atoms with van der Waals surface area (Å²) in [4.78, 5) is 36.8. The smallest absolute Gasteiger partial charge is 0.335 e. The summed E-state index contributed by atoms with van der Waals surface area (Å²) in [5.41, 5.74) is 0. The topological polar surface area (TPSA) is 169 Å². The van der Waals surface area contributed by atoms with Crippen molar-refractivity contribution >= 4 is 17.9 Å². The van der Waals surface area contributed by atoms with Crippen LogP contribution in [0.1, 0.15) is 168 Å². The Morgan fingerprint density at radius 2 is 1.00 bits per heavy atom. The maximum Gasteiger partial charge on any atom is 0.335 e. The third-order valence-corrected chi connectivity index (χ3v) is 10.3. The number of hydrogen-bond donors (Lipinski definition) is 4. The highest BCUT2D eigenvalue weighted by molar-refractivity contribution is 5.73. The quantitative estimate of drug-likeness (QED) is 0.0265. The molecule has 1 aliphatic rings. The Kier molecular flexibility index (Phi) is 36.6. The van der Waals surface area contributed by atoms with Gasteiger partial charge in [0.25, 0.3) is 0 Å². The zero-order chi connectivity index (χ0) is 45.3. The number of carboxylic acids is 1. The number of hydrogen-bond acceptors (Lipinski definition) is 10. The zero-order valence-electron chi connectivity index (χ0n) is 38.1. The largest absolute Gasteiger partial charge is 0.479 e. The van der Waals surface area contributed by atoms with E-state index in [1.54, 1.807) is 6.08 Å². The number of esters is 2. The number of allylic oxidation sites excluding steroid dienone is 13. The van der Waals surface area contributed by atoms with Crippen LogP contribution >= 0.6 is 0 Å². The lowest BCUT2D eigenvalue weighted by atomic mass is 9.99. The molecule has 1 heterocycles. The molecule has 6 unspecified atom stereocenters. The van der Waals surface area contributed by atoms with Crippen LogP contribution < -0.4 is 0 Å². The number of carbonyl (C=O) groups excluding carboxylic acids is 2. The summed E-state index contributed by atoms with van der Waals surface area (Å²) in [6, 6.07) is 0. The van der Waals surface area contributed by atoms with Crippen molar-refractivity contribution in [3.05, 3.63) is 85.1 Å². The molecule has 0 radical (unpaired) electrons. The molecule has 11 nitrogen and oxygen atoms in total. The van der Waals surface area contributed by atoms with Gasteiger partial charge < -0.3 is 39.4 Å². The van der Waals surface area contributed by atoms with E-state index in [2.05, 4.69) is 80.7 Å². The number of aliphatic hydroxyl groups is 3. The zero-order valence-corrected chi connectivity index (χ0v) is 38.1. The summed E-state index contributed by atoms with van der Waals surface area (Å²) >= 11 is 0. The normalized spacial score (nSPS) is 20.3. The monoisotopic (exact) mass is 871 g/mol. The van der Waals surface area contributed by atoms with Gasteiger partial charge in [0.05, 0.1) is 13.0 Å². The molecule has 0 spiro atoms. The predicted octanol–water partition coefficient (Wildman–Crippen LogP) is 10.6.